The highest BCUT2D eigenvalue weighted by atomic mass is 35.5. The Kier molecular flexibility index (Phi) is 5.93. The number of hydrogen-bond donors (Lipinski definition) is 1. The summed E-state index contributed by atoms with van der Waals surface area (Å²) < 4.78 is 5.52. The van der Waals surface area contributed by atoms with E-state index >= 15 is 0 Å². The van der Waals surface area contributed by atoms with Crippen LogP contribution in [-0.4, -0.2) is 29.2 Å². The number of carbonyl (C=O) groups excluding carboxylic acids is 1. The van der Waals surface area contributed by atoms with Crippen molar-refractivity contribution in [3.05, 3.63) is 42.9 Å². The lowest BCUT2D eigenvalue weighted by molar-refractivity contribution is -0.116. The van der Waals surface area contributed by atoms with Gasteiger partial charge in [-0.3, -0.25) is 23.3 Å². The third-order valence-electron chi connectivity index (χ3n) is 6.67. The monoisotopic (exact) mass is 471 g/mol. The van der Waals surface area contributed by atoms with Gasteiger partial charge in [0, 0.05) is 25.8 Å². The van der Waals surface area contributed by atoms with Crippen molar-refractivity contribution in [3.63, 3.8) is 0 Å². The number of anilines is 1. The zero-order valence-corrected chi connectivity index (χ0v) is 19.9. The van der Waals surface area contributed by atoms with Crippen LogP contribution in [0.1, 0.15) is 55.0 Å². The molecule has 1 N–H and O–H groups in total. The molecular weight excluding hydrogens is 446 g/mol. The molecular formula is C22H26ClN7O3. The number of hydrogen-bond acceptors (Lipinski definition) is 5. The van der Waals surface area contributed by atoms with Crippen LogP contribution in [0, 0.1) is 25.2 Å². The molecule has 3 aromatic rings. The Morgan fingerprint density at radius 2 is 1.85 bits per heavy atom. The topological polar surface area (TPSA) is 120 Å². The van der Waals surface area contributed by atoms with Gasteiger partial charge in [-0.1, -0.05) is 19.3 Å². The Morgan fingerprint density at radius 3 is 2.48 bits per heavy atom. The highest BCUT2D eigenvalue weighted by Gasteiger charge is 2.27. The van der Waals surface area contributed by atoms with Crippen LogP contribution in [0.25, 0.3) is 11.2 Å². The number of nitrogens with zero attached hydrogens (tertiary/aromatic N) is 6. The summed E-state index contributed by atoms with van der Waals surface area (Å²) in [6.07, 6.45) is 5.38. The standard InChI is InChI=1S/C22H26ClN7O3/c1-12-13(2)30(14-8-6-5-7-9-14)18(15(12)10-24)25-16(31)11-29-17-19(26-21(29)23)27(3)22(33)28(4)20(17)32/h14H,5-9,11H2,1-4H3,(H,25,31). The second-order valence-corrected chi connectivity index (χ2v) is 8.94. The van der Waals surface area contributed by atoms with Crippen LogP contribution in [0.5, 0.6) is 0 Å². The molecule has 10 nitrogen and oxygen atoms in total. The van der Waals surface area contributed by atoms with Crippen molar-refractivity contribution in [1.29, 1.82) is 5.26 Å². The van der Waals surface area contributed by atoms with Gasteiger partial charge in [-0.25, -0.2) is 4.79 Å². The number of aromatic nitrogens is 5. The number of carbonyl (C=O) groups is 1. The number of nitriles is 1. The van der Waals surface area contributed by atoms with Gasteiger partial charge in [-0.15, -0.1) is 0 Å². The Morgan fingerprint density at radius 1 is 1.18 bits per heavy atom. The molecule has 0 radical (unpaired) electrons. The average molecular weight is 472 g/mol. The highest BCUT2D eigenvalue weighted by molar-refractivity contribution is 6.29. The van der Waals surface area contributed by atoms with Crippen LogP contribution < -0.4 is 16.6 Å². The first-order valence-corrected chi connectivity index (χ1v) is 11.3. The molecule has 4 rings (SSSR count). The summed E-state index contributed by atoms with van der Waals surface area (Å²) in [6, 6.07) is 2.44. The summed E-state index contributed by atoms with van der Waals surface area (Å²) in [5.74, 6) is 0.0309. The lowest BCUT2D eigenvalue weighted by Crippen LogP contribution is -2.38. The first-order chi connectivity index (χ1) is 15.7. The van der Waals surface area contributed by atoms with Crippen LogP contribution in [0.3, 0.4) is 0 Å². The van der Waals surface area contributed by atoms with E-state index in [2.05, 4.69) is 20.9 Å². The van der Waals surface area contributed by atoms with Crippen molar-refractivity contribution in [3.8, 4) is 6.07 Å². The van der Waals surface area contributed by atoms with E-state index in [0.29, 0.717) is 11.4 Å². The Bertz CT molecular complexity index is 1430. The maximum absolute atomic E-state index is 13.1. The van der Waals surface area contributed by atoms with Crippen LogP contribution >= 0.6 is 11.6 Å². The molecule has 0 unspecified atom stereocenters. The number of imidazole rings is 1. The number of halogens is 1. The summed E-state index contributed by atoms with van der Waals surface area (Å²) in [5.41, 5.74) is 1.29. The summed E-state index contributed by atoms with van der Waals surface area (Å²) in [6.45, 7) is 3.56. The van der Waals surface area contributed by atoms with Crippen LogP contribution in [0.2, 0.25) is 5.28 Å². The van der Waals surface area contributed by atoms with E-state index in [9.17, 15) is 19.6 Å². The van der Waals surface area contributed by atoms with Crippen molar-refractivity contribution < 1.29 is 4.79 Å². The minimum absolute atomic E-state index is 0.0651. The molecule has 0 saturated heterocycles. The van der Waals surface area contributed by atoms with Crippen molar-refractivity contribution >= 4 is 34.5 Å². The molecule has 33 heavy (non-hydrogen) atoms. The molecule has 1 fully saturated rings. The molecule has 1 amide bonds. The van der Waals surface area contributed by atoms with E-state index < -0.39 is 17.2 Å². The average Bonchev–Trinajstić information content (AvgIpc) is 3.24. The molecule has 0 aromatic carbocycles. The van der Waals surface area contributed by atoms with Crippen molar-refractivity contribution in [2.45, 2.75) is 58.5 Å². The van der Waals surface area contributed by atoms with Gasteiger partial charge in [0.15, 0.2) is 11.2 Å². The van der Waals surface area contributed by atoms with E-state index in [1.54, 1.807) is 0 Å². The quantitative estimate of drug-likeness (QED) is 0.586. The predicted octanol–water partition coefficient (Wildman–Crippen LogP) is 2.52. The molecule has 0 spiro atoms. The van der Waals surface area contributed by atoms with Crippen molar-refractivity contribution in [1.82, 2.24) is 23.3 Å². The summed E-state index contributed by atoms with van der Waals surface area (Å²) >= 11 is 6.26. The molecule has 1 aliphatic carbocycles. The van der Waals surface area contributed by atoms with Gasteiger partial charge in [0.1, 0.15) is 18.4 Å². The maximum atomic E-state index is 13.1. The Labute approximate surface area is 195 Å². The minimum atomic E-state index is -0.588. The largest absolute Gasteiger partial charge is 0.332 e. The second-order valence-electron chi connectivity index (χ2n) is 8.60. The maximum Gasteiger partial charge on any atom is 0.332 e. The predicted molar refractivity (Wildman–Crippen MR) is 125 cm³/mol. The molecule has 1 aliphatic rings. The first kappa shape index (κ1) is 22.9. The fraction of sp³-hybridized carbons (Fsp3) is 0.500. The molecule has 0 bridgehead atoms. The second kappa shape index (κ2) is 8.56. The Hall–Kier alpha value is -3.32. The molecule has 11 heteroatoms. The number of nitrogens with one attached hydrogen (secondary N) is 1. The number of aryl methyl sites for hydroxylation is 1. The lowest BCUT2D eigenvalue weighted by Gasteiger charge is -2.27. The van der Waals surface area contributed by atoms with Gasteiger partial charge in [-0.2, -0.15) is 10.2 Å². The van der Waals surface area contributed by atoms with Crippen molar-refractivity contribution in [2.75, 3.05) is 5.32 Å². The highest BCUT2D eigenvalue weighted by Crippen LogP contribution is 2.36. The fourth-order valence-electron chi connectivity index (χ4n) is 4.76. The minimum Gasteiger partial charge on any atom is -0.327 e. The lowest BCUT2D eigenvalue weighted by atomic mass is 9.95. The molecule has 174 valence electrons. The van der Waals surface area contributed by atoms with Crippen LogP contribution in [0.4, 0.5) is 5.82 Å². The van der Waals surface area contributed by atoms with Gasteiger partial charge in [-0.05, 0) is 43.9 Å². The Balaban J connectivity index is 1.74. The first-order valence-electron chi connectivity index (χ1n) is 10.9. The van der Waals surface area contributed by atoms with Gasteiger partial charge in [0.25, 0.3) is 5.56 Å². The SMILES string of the molecule is Cc1c(C#N)c(NC(=O)Cn2c(Cl)nc3c2c(=O)n(C)c(=O)n3C)n(C2CCCCC2)c1C. The zero-order chi connectivity index (χ0) is 24.0. The number of amides is 1. The molecule has 1 saturated carbocycles. The number of fused-ring (bicyclic) bond motifs is 1. The zero-order valence-electron chi connectivity index (χ0n) is 19.1. The molecule has 0 atom stereocenters. The molecule has 3 aromatic heterocycles. The third kappa shape index (κ3) is 3.66. The van der Waals surface area contributed by atoms with E-state index in [4.69, 9.17) is 11.6 Å². The van der Waals surface area contributed by atoms with E-state index in [1.165, 1.54) is 29.7 Å². The summed E-state index contributed by atoms with van der Waals surface area (Å²) in [7, 11) is 2.84. The van der Waals surface area contributed by atoms with E-state index in [-0.39, 0.29) is 29.0 Å². The number of rotatable bonds is 4. The van der Waals surface area contributed by atoms with Gasteiger partial charge < -0.3 is 9.88 Å². The van der Waals surface area contributed by atoms with Gasteiger partial charge in [0.05, 0.1) is 5.56 Å². The molecule has 0 aliphatic heterocycles. The van der Waals surface area contributed by atoms with Crippen LogP contribution in [-0.2, 0) is 25.4 Å². The summed E-state index contributed by atoms with van der Waals surface area (Å²) in [4.78, 5) is 42.2. The smallest absolute Gasteiger partial charge is 0.327 e. The van der Waals surface area contributed by atoms with Gasteiger partial charge >= 0.3 is 5.69 Å². The van der Waals surface area contributed by atoms with Gasteiger partial charge in [0.2, 0.25) is 11.2 Å². The van der Waals surface area contributed by atoms with Crippen LogP contribution in [0.15, 0.2) is 9.59 Å². The third-order valence-corrected chi connectivity index (χ3v) is 6.96. The normalized spacial score (nSPS) is 14.5. The fourth-order valence-corrected chi connectivity index (χ4v) is 4.99. The molecule has 3 heterocycles. The van der Waals surface area contributed by atoms with E-state index in [0.717, 1.165) is 41.5 Å². The van der Waals surface area contributed by atoms with Crippen molar-refractivity contribution in [2.24, 2.45) is 14.1 Å². The van der Waals surface area contributed by atoms with E-state index in [1.807, 2.05) is 13.8 Å². The summed E-state index contributed by atoms with van der Waals surface area (Å²) in [5, 5.41) is 12.6.